The van der Waals surface area contributed by atoms with Crippen molar-refractivity contribution in [3.05, 3.63) is 23.7 Å². The van der Waals surface area contributed by atoms with E-state index in [0.29, 0.717) is 0 Å². The fourth-order valence-corrected chi connectivity index (χ4v) is 1.64. The fraction of sp³-hybridized carbons (Fsp3) is 0.600. The highest BCUT2D eigenvalue weighted by Gasteiger charge is 2.10. The molecule has 0 saturated heterocycles. The summed E-state index contributed by atoms with van der Waals surface area (Å²) in [5.74, 6) is 2.41. The molecule has 5 heteroatoms. The van der Waals surface area contributed by atoms with E-state index in [0.717, 1.165) is 12.8 Å². The van der Waals surface area contributed by atoms with Crippen LogP contribution in [0.1, 0.15) is 38.5 Å². The molecule has 2 rings (SSSR count). The summed E-state index contributed by atoms with van der Waals surface area (Å²) in [6.07, 6.45) is 11.7. The zero-order valence-corrected chi connectivity index (χ0v) is 8.52. The van der Waals surface area contributed by atoms with Crippen molar-refractivity contribution in [1.29, 1.82) is 0 Å². The Balaban J connectivity index is 0.000000245. The molecule has 15 heavy (non-hydrogen) atoms. The molecule has 0 radical (unpaired) electrons. The highest BCUT2D eigenvalue weighted by Crippen LogP contribution is 2.26. The van der Waals surface area contributed by atoms with Gasteiger partial charge >= 0.3 is 7.54 Å². The van der Waals surface area contributed by atoms with Gasteiger partial charge in [-0.15, -0.1) is 0 Å². The Hall–Kier alpha value is -0.865. The number of ether oxygens (including phenoxy) is 1. The van der Waals surface area contributed by atoms with Crippen LogP contribution in [0.15, 0.2) is 23.7 Å². The summed E-state index contributed by atoms with van der Waals surface area (Å²) in [5.41, 5.74) is 0. The standard InChI is InChI=1S/C10H14O.BF3/c1-2-6-9(5-1)11-10-7-3-4-8-10;2-1(3)4/h5,7H,1-4,6,8H2;. The molecule has 1 nitrogen and oxygen atoms in total. The Morgan fingerprint density at radius 3 is 1.60 bits per heavy atom. The Morgan fingerprint density at radius 2 is 1.33 bits per heavy atom. The van der Waals surface area contributed by atoms with E-state index in [9.17, 15) is 12.9 Å². The summed E-state index contributed by atoms with van der Waals surface area (Å²) in [6, 6.07) is 0. The molecule has 0 saturated carbocycles. The first-order valence-corrected chi connectivity index (χ1v) is 5.16. The Labute approximate surface area is 88.2 Å². The van der Waals surface area contributed by atoms with Crippen molar-refractivity contribution in [3.8, 4) is 0 Å². The van der Waals surface area contributed by atoms with Gasteiger partial charge in [-0.2, -0.15) is 0 Å². The van der Waals surface area contributed by atoms with Gasteiger partial charge in [-0.3, -0.25) is 12.9 Å². The van der Waals surface area contributed by atoms with E-state index in [1.165, 1.54) is 37.2 Å². The van der Waals surface area contributed by atoms with Crippen LogP contribution in [0.3, 0.4) is 0 Å². The molecule has 0 spiro atoms. The second-order valence-corrected chi connectivity index (χ2v) is 3.47. The molecule has 0 fully saturated rings. The molecule has 0 amide bonds. The number of hydrogen-bond donors (Lipinski definition) is 0. The van der Waals surface area contributed by atoms with E-state index in [2.05, 4.69) is 12.2 Å². The average molecular weight is 218 g/mol. The van der Waals surface area contributed by atoms with Gasteiger partial charge in [-0.1, -0.05) is 0 Å². The smallest absolute Gasteiger partial charge is 0.467 e. The first kappa shape index (κ1) is 12.2. The van der Waals surface area contributed by atoms with Gasteiger partial charge in [0.2, 0.25) is 0 Å². The van der Waals surface area contributed by atoms with Crippen LogP contribution in [-0.4, -0.2) is 7.54 Å². The minimum atomic E-state index is -3.67. The summed E-state index contributed by atoms with van der Waals surface area (Å²) in [4.78, 5) is 0. The van der Waals surface area contributed by atoms with Gasteiger partial charge in [-0.25, -0.2) is 0 Å². The highest BCUT2D eigenvalue weighted by atomic mass is 19.4. The zero-order chi connectivity index (χ0) is 11.1. The topological polar surface area (TPSA) is 9.23 Å². The monoisotopic (exact) mass is 218 g/mol. The van der Waals surface area contributed by atoms with Crippen LogP contribution in [0.25, 0.3) is 0 Å². The Morgan fingerprint density at radius 1 is 0.933 bits per heavy atom. The lowest BCUT2D eigenvalue weighted by Crippen LogP contribution is -1.87. The maximum atomic E-state index is 9.67. The summed E-state index contributed by atoms with van der Waals surface area (Å²) >= 11 is 0. The summed E-state index contributed by atoms with van der Waals surface area (Å²) in [7, 11) is -3.67. The quantitative estimate of drug-likeness (QED) is 0.636. The van der Waals surface area contributed by atoms with Crippen LogP contribution in [0, 0.1) is 0 Å². The Bertz CT molecular complexity index is 226. The van der Waals surface area contributed by atoms with E-state index in [-0.39, 0.29) is 0 Å². The molecule has 0 N–H and O–H groups in total. The molecule has 0 atom stereocenters. The molecule has 0 bridgehead atoms. The predicted molar refractivity (Wildman–Crippen MR) is 54.0 cm³/mol. The van der Waals surface area contributed by atoms with Crippen molar-refractivity contribution >= 4 is 7.54 Å². The first-order valence-electron chi connectivity index (χ1n) is 5.16. The van der Waals surface area contributed by atoms with Gasteiger partial charge in [0, 0.05) is 12.8 Å². The van der Waals surface area contributed by atoms with Crippen molar-refractivity contribution in [2.24, 2.45) is 0 Å². The van der Waals surface area contributed by atoms with Crippen molar-refractivity contribution in [3.63, 3.8) is 0 Å². The van der Waals surface area contributed by atoms with Gasteiger partial charge in [-0.05, 0) is 37.8 Å². The molecular weight excluding hydrogens is 204 g/mol. The molecule has 0 unspecified atom stereocenters. The molecular formula is C10H14BF3O. The van der Waals surface area contributed by atoms with E-state index in [4.69, 9.17) is 4.74 Å². The van der Waals surface area contributed by atoms with Gasteiger partial charge in [0.05, 0.1) is 11.5 Å². The van der Waals surface area contributed by atoms with Crippen molar-refractivity contribution in [1.82, 2.24) is 0 Å². The number of rotatable bonds is 2. The van der Waals surface area contributed by atoms with Crippen molar-refractivity contribution in [2.45, 2.75) is 38.5 Å². The minimum Gasteiger partial charge on any atom is -0.467 e. The van der Waals surface area contributed by atoms with E-state index in [1.54, 1.807) is 0 Å². The SMILES string of the molecule is C1=C(OC2=CCCC2)CCC1.FB(F)F. The normalized spacial score (nSPS) is 18.9. The molecule has 0 aromatic carbocycles. The van der Waals surface area contributed by atoms with Crippen LogP contribution in [0.5, 0.6) is 0 Å². The van der Waals surface area contributed by atoms with Crippen LogP contribution >= 0.6 is 0 Å². The van der Waals surface area contributed by atoms with Crippen molar-refractivity contribution in [2.75, 3.05) is 0 Å². The van der Waals surface area contributed by atoms with Crippen molar-refractivity contribution < 1.29 is 17.7 Å². The Kier molecular flexibility index (Phi) is 5.36. The van der Waals surface area contributed by atoms with E-state index < -0.39 is 7.54 Å². The van der Waals surface area contributed by atoms with E-state index >= 15 is 0 Å². The molecule has 0 heterocycles. The molecule has 0 aromatic heterocycles. The number of halogens is 3. The molecule has 2 aliphatic carbocycles. The van der Waals surface area contributed by atoms with Gasteiger partial charge in [0.25, 0.3) is 0 Å². The van der Waals surface area contributed by atoms with Crippen LogP contribution in [0.2, 0.25) is 0 Å². The summed E-state index contributed by atoms with van der Waals surface area (Å²) in [5, 5.41) is 0. The zero-order valence-electron chi connectivity index (χ0n) is 8.52. The number of allylic oxidation sites excluding steroid dienone is 4. The average Bonchev–Trinajstić information content (AvgIpc) is 2.76. The van der Waals surface area contributed by atoms with Gasteiger partial charge < -0.3 is 4.74 Å². The van der Waals surface area contributed by atoms with Gasteiger partial charge in [0.1, 0.15) is 0 Å². The highest BCUT2D eigenvalue weighted by molar-refractivity contribution is 6.33. The maximum absolute atomic E-state index is 9.67. The van der Waals surface area contributed by atoms with Crippen LogP contribution in [-0.2, 0) is 4.74 Å². The van der Waals surface area contributed by atoms with Crippen LogP contribution < -0.4 is 0 Å². The lowest BCUT2D eigenvalue weighted by atomic mass is 10.3. The van der Waals surface area contributed by atoms with Gasteiger partial charge in [0.15, 0.2) is 0 Å². The maximum Gasteiger partial charge on any atom is 0.762 e. The second-order valence-electron chi connectivity index (χ2n) is 3.47. The minimum absolute atomic E-state index is 1.15. The summed E-state index contributed by atoms with van der Waals surface area (Å²) < 4.78 is 34.7. The predicted octanol–water partition coefficient (Wildman–Crippen LogP) is 4.02. The van der Waals surface area contributed by atoms with E-state index in [1.807, 2.05) is 0 Å². The fourth-order valence-electron chi connectivity index (χ4n) is 1.64. The number of hydrogen-bond acceptors (Lipinski definition) is 1. The third-order valence-corrected chi connectivity index (χ3v) is 2.26. The lowest BCUT2D eigenvalue weighted by Gasteiger charge is -2.05. The summed E-state index contributed by atoms with van der Waals surface area (Å²) in [6.45, 7) is 0. The van der Waals surface area contributed by atoms with Crippen LogP contribution in [0.4, 0.5) is 12.9 Å². The molecule has 2 aliphatic rings. The lowest BCUT2D eigenvalue weighted by molar-refractivity contribution is 0.287. The second kappa shape index (κ2) is 6.59. The largest absolute Gasteiger partial charge is 0.762 e. The molecule has 84 valence electrons. The molecule has 0 aliphatic heterocycles. The molecule has 0 aromatic rings. The third kappa shape index (κ3) is 5.55. The third-order valence-electron chi connectivity index (χ3n) is 2.26. The first-order chi connectivity index (χ1) is 7.18.